The average molecular weight is 236 g/mol. The molecule has 2 N–H and O–H groups in total. The van der Waals surface area contributed by atoms with E-state index in [4.69, 9.17) is 5.11 Å². The smallest absolute Gasteiger partial charge is 0.337 e. The first kappa shape index (κ1) is 13.6. The zero-order chi connectivity index (χ0) is 12.8. The molecule has 1 rings (SSSR count). The van der Waals surface area contributed by atoms with Gasteiger partial charge in [-0.3, -0.25) is 4.98 Å². The van der Waals surface area contributed by atoms with Crippen molar-refractivity contribution in [3.8, 4) is 0 Å². The highest BCUT2D eigenvalue weighted by Gasteiger charge is 2.09. The molecule has 0 bridgehead atoms. The monoisotopic (exact) mass is 236 g/mol. The molecule has 0 saturated carbocycles. The summed E-state index contributed by atoms with van der Waals surface area (Å²) in [5, 5.41) is 12.1. The van der Waals surface area contributed by atoms with E-state index in [0.717, 1.165) is 12.1 Å². The van der Waals surface area contributed by atoms with Gasteiger partial charge in [0.2, 0.25) is 0 Å². The van der Waals surface area contributed by atoms with Gasteiger partial charge in [0, 0.05) is 18.8 Å². The van der Waals surface area contributed by atoms with Crippen molar-refractivity contribution < 1.29 is 9.90 Å². The fourth-order valence-electron chi connectivity index (χ4n) is 1.48. The van der Waals surface area contributed by atoms with Crippen molar-refractivity contribution >= 4 is 5.97 Å². The van der Waals surface area contributed by atoms with Crippen LogP contribution in [0.15, 0.2) is 18.3 Å². The zero-order valence-electron chi connectivity index (χ0n) is 10.6. The molecular formula is C13H20N2O2. The normalized spacial score (nSPS) is 14.3. The number of carboxylic acids is 1. The fraction of sp³-hybridized carbons (Fsp3) is 0.538. The van der Waals surface area contributed by atoms with Crippen molar-refractivity contribution in [3.63, 3.8) is 0 Å². The second-order valence-corrected chi connectivity index (χ2v) is 4.40. The van der Waals surface area contributed by atoms with E-state index in [2.05, 4.69) is 31.1 Å². The predicted molar refractivity (Wildman–Crippen MR) is 67.0 cm³/mol. The lowest BCUT2D eigenvalue weighted by molar-refractivity contribution is 0.0696. The topological polar surface area (TPSA) is 62.2 Å². The molecule has 4 heteroatoms. The minimum absolute atomic E-state index is 0.226. The van der Waals surface area contributed by atoms with Crippen LogP contribution in [0.2, 0.25) is 0 Å². The van der Waals surface area contributed by atoms with Crippen LogP contribution in [0.4, 0.5) is 0 Å². The summed E-state index contributed by atoms with van der Waals surface area (Å²) >= 11 is 0. The Hall–Kier alpha value is -1.42. The first-order chi connectivity index (χ1) is 8.04. The Balaban J connectivity index is 2.50. The Morgan fingerprint density at radius 2 is 2.18 bits per heavy atom. The van der Waals surface area contributed by atoms with Crippen LogP contribution in [0, 0.1) is 5.92 Å². The first-order valence-corrected chi connectivity index (χ1v) is 5.96. The van der Waals surface area contributed by atoms with Crippen molar-refractivity contribution in [2.24, 2.45) is 5.92 Å². The molecule has 0 spiro atoms. The second-order valence-electron chi connectivity index (χ2n) is 4.40. The molecule has 0 aliphatic carbocycles. The maximum atomic E-state index is 10.7. The Morgan fingerprint density at radius 3 is 2.65 bits per heavy atom. The molecule has 0 radical (unpaired) electrons. The summed E-state index contributed by atoms with van der Waals surface area (Å²) < 4.78 is 0. The van der Waals surface area contributed by atoms with Crippen molar-refractivity contribution in [1.29, 1.82) is 0 Å². The summed E-state index contributed by atoms with van der Waals surface area (Å²) in [6, 6.07) is 3.76. The maximum Gasteiger partial charge on any atom is 0.337 e. The van der Waals surface area contributed by atoms with Crippen LogP contribution in [-0.4, -0.2) is 22.1 Å². The molecule has 0 fully saturated rings. The molecule has 1 aromatic rings. The Kier molecular flexibility index (Phi) is 5.10. The number of aromatic nitrogens is 1. The third-order valence-electron chi connectivity index (χ3n) is 3.17. The second kappa shape index (κ2) is 6.35. The molecule has 94 valence electrons. The van der Waals surface area contributed by atoms with Crippen LogP contribution in [0.25, 0.3) is 0 Å². The van der Waals surface area contributed by atoms with Gasteiger partial charge in [0.05, 0.1) is 11.3 Å². The minimum Gasteiger partial charge on any atom is -0.478 e. The number of carbonyl (C=O) groups is 1. The summed E-state index contributed by atoms with van der Waals surface area (Å²) in [4.78, 5) is 14.8. The summed E-state index contributed by atoms with van der Waals surface area (Å²) in [6.07, 6.45) is 2.53. The lowest BCUT2D eigenvalue weighted by atomic mass is 10.0. The third kappa shape index (κ3) is 4.15. The molecule has 17 heavy (non-hydrogen) atoms. The summed E-state index contributed by atoms with van der Waals surface area (Å²) in [7, 11) is 0. The van der Waals surface area contributed by atoms with Crippen molar-refractivity contribution in [1.82, 2.24) is 10.3 Å². The Morgan fingerprint density at radius 1 is 1.47 bits per heavy atom. The number of pyridine rings is 1. The summed E-state index contributed by atoms with van der Waals surface area (Å²) in [5.74, 6) is -0.321. The number of aromatic carboxylic acids is 1. The van der Waals surface area contributed by atoms with Crippen molar-refractivity contribution in [2.45, 2.75) is 39.8 Å². The summed E-state index contributed by atoms with van der Waals surface area (Å²) in [6.45, 7) is 7.20. The molecule has 1 heterocycles. The number of carboxylic acid groups (broad SMARTS) is 1. The lowest BCUT2D eigenvalue weighted by Gasteiger charge is -2.19. The van der Waals surface area contributed by atoms with Gasteiger partial charge in [-0.05, 0) is 25.0 Å². The largest absolute Gasteiger partial charge is 0.478 e. The van der Waals surface area contributed by atoms with E-state index >= 15 is 0 Å². The predicted octanol–water partition coefficient (Wildman–Crippen LogP) is 2.30. The van der Waals surface area contributed by atoms with Crippen molar-refractivity contribution in [3.05, 3.63) is 29.6 Å². The van der Waals surface area contributed by atoms with Gasteiger partial charge in [-0.25, -0.2) is 4.79 Å². The van der Waals surface area contributed by atoms with Gasteiger partial charge in [-0.15, -0.1) is 0 Å². The number of hydrogen-bond acceptors (Lipinski definition) is 3. The van der Waals surface area contributed by atoms with E-state index in [0.29, 0.717) is 18.5 Å². The number of hydrogen-bond donors (Lipinski definition) is 2. The highest BCUT2D eigenvalue weighted by Crippen LogP contribution is 2.07. The van der Waals surface area contributed by atoms with Gasteiger partial charge >= 0.3 is 5.97 Å². The van der Waals surface area contributed by atoms with Crippen LogP contribution in [0.5, 0.6) is 0 Å². The van der Waals surface area contributed by atoms with Gasteiger partial charge in [-0.2, -0.15) is 0 Å². The lowest BCUT2D eigenvalue weighted by Crippen LogP contribution is -2.31. The standard InChI is InChI=1S/C13H20N2O2/c1-4-9(2)10(3)14-8-12-6-5-11(7-15-12)13(16)17/h5-7,9-10,14H,4,8H2,1-3H3,(H,16,17). The van der Waals surface area contributed by atoms with Gasteiger partial charge in [0.1, 0.15) is 0 Å². The molecule has 0 amide bonds. The number of rotatable bonds is 6. The molecule has 0 aromatic carbocycles. The SMILES string of the molecule is CCC(C)C(C)NCc1ccc(C(=O)O)cn1. The van der Waals surface area contributed by atoms with E-state index in [1.54, 1.807) is 12.1 Å². The Labute approximate surface area is 102 Å². The molecular weight excluding hydrogens is 216 g/mol. The van der Waals surface area contributed by atoms with Gasteiger partial charge in [-0.1, -0.05) is 20.3 Å². The Bertz CT molecular complexity index is 362. The van der Waals surface area contributed by atoms with E-state index in [1.165, 1.54) is 6.20 Å². The highest BCUT2D eigenvalue weighted by molar-refractivity contribution is 5.87. The van der Waals surface area contributed by atoms with Crippen LogP contribution >= 0.6 is 0 Å². The van der Waals surface area contributed by atoms with E-state index < -0.39 is 5.97 Å². The van der Waals surface area contributed by atoms with Gasteiger partial charge in [0.15, 0.2) is 0 Å². The van der Waals surface area contributed by atoms with E-state index in [9.17, 15) is 4.79 Å². The molecule has 0 aliphatic heterocycles. The number of nitrogens with zero attached hydrogens (tertiary/aromatic N) is 1. The molecule has 2 atom stereocenters. The van der Waals surface area contributed by atoms with Crippen LogP contribution < -0.4 is 5.32 Å². The van der Waals surface area contributed by atoms with E-state index in [1.807, 2.05) is 0 Å². The molecule has 4 nitrogen and oxygen atoms in total. The van der Waals surface area contributed by atoms with Crippen LogP contribution in [0.3, 0.4) is 0 Å². The molecule has 1 aromatic heterocycles. The average Bonchev–Trinajstić information content (AvgIpc) is 2.35. The number of nitrogens with one attached hydrogen (secondary N) is 1. The maximum absolute atomic E-state index is 10.7. The van der Waals surface area contributed by atoms with Crippen LogP contribution in [0.1, 0.15) is 43.2 Å². The fourth-order valence-corrected chi connectivity index (χ4v) is 1.48. The molecule has 0 saturated heterocycles. The third-order valence-corrected chi connectivity index (χ3v) is 3.17. The minimum atomic E-state index is -0.940. The molecule has 2 unspecified atom stereocenters. The van der Waals surface area contributed by atoms with Crippen LogP contribution in [-0.2, 0) is 6.54 Å². The summed E-state index contributed by atoms with van der Waals surface area (Å²) in [5.41, 5.74) is 1.09. The van der Waals surface area contributed by atoms with E-state index in [-0.39, 0.29) is 5.56 Å². The zero-order valence-corrected chi connectivity index (χ0v) is 10.6. The van der Waals surface area contributed by atoms with Gasteiger partial charge in [0.25, 0.3) is 0 Å². The quantitative estimate of drug-likeness (QED) is 0.795. The first-order valence-electron chi connectivity index (χ1n) is 5.96. The highest BCUT2D eigenvalue weighted by atomic mass is 16.4. The molecule has 0 aliphatic rings. The van der Waals surface area contributed by atoms with Gasteiger partial charge < -0.3 is 10.4 Å². The van der Waals surface area contributed by atoms with Crippen molar-refractivity contribution in [2.75, 3.05) is 0 Å².